The van der Waals surface area contributed by atoms with Crippen LogP contribution in [-0.2, 0) is 4.57 Å². The molecule has 0 aromatic rings. The van der Waals surface area contributed by atoms with Crippen molar-refractivity contribution in [2.45, 2.75) is 52.9 Å². The lowest BCUT2D eigenvalue weighted by Gasteiger charge is -2.13. The summed E-state index contributed by atoms with van der Waals surface area (Å²) in [4.78, 5) is 0. The number of rotatable bonds is 8. The molecule has 0 fully saturated rings. The van der Waals surface area contributed by atoms with Gasteiger partial charge in [0.05, 0.1) is 7.14 Å². The van der Waals surface area contributed by atoms with Gasteiger partial charge in [0, 0.05) is 6.16 Å². The summed E-state index contributed by atoms with van der Waals surface area (Å²) in [5, 5.41) is 0. The smallest absolute Gasteiger partial charge is 0.0872 e. The molecular formula is C11H25OP. The molecule has 0 amide bonds. The van der Waals surface area contributed by atoms with Gasteiger partial charge in [-0.25, -0.2) is 0 Å². The molecule has 0 unspecified atom stereocenters. The molecule has 0 aliphatic heterocycles. The van der Waals surface area contributed by atoms with Gasteiger partial charge >= 0.3 is 0 Å². The van der Waals surface area contributed by atoms with E-state index in [0.29, 0.717) is 0 Å². The Bertz CT molecular complexity index is 146. The normalized spacial score (nSPS) is 11.9. The number of unbranched alkanes of at least 4 members (excludes halogenated alkanes) is 4. The van der Waals surface area contributed by atoms with E-state index in [-0.39, 0.29) is 0 Å². The second-order valence-corrected chi connectivity index (χ2v) is 7.66. The average molecular weight is 204 g/mol. The second kappa shape index (κ2) is 7.62. The highest BCUT2D eigenvalue weighted by Crippen LogP contribution is 2.45. The lowest BCUT2D eigenvalue weighted by Crippen LogP contribution is -1.95. The Hall–Kier alpha value is 0.230. The van der Waals surface area contributed by atoms with Gasteiger partial charge in [-0.15, -0.1) is 0 Å². The molecule has 0 aromatic heterocycles. The minimum absolute atomic E-state index is 0.900. The van der Waals surface area contributed by atoms with Gasteiger partial charge in [-0.1, -0.05) is 46.5 Å². The maximum Gasteiger partial charge on any atom is 0.0872 e. The van der Waals surface area contributed by atoms with E-state index in [1.165, 1.54) is 32.1 Å². The highest BCUT2D eigenvalue weighted by atomic mass is 31.2. The fraction of sp³-hybridized carbons (Fsp3) is 1.00. The van der Waals surface area contributed by atoms with E-state index in [1.807, 2.05) is 0 Å². The topological polar surface area (TPSA) is 17.1 Å². The average Bonchev–Trinajstić information content (AvgIpc) is 2.17. The Balaban J connectivity index is 3.45. The van der Waals surface area contributed by atoms with Crippen LogP contribution in [0.25, 0.3) is 0 Å². The maximum atomic E-state index is 12.0. The van der Waals surface area contributed by atoms with Crippen molar-refractivity contribution in [3.63, 3.8) is 0 Å². The highest BCUT2D eigenvalue weighted by Gasteiger charge is 2.15. The molecule has 13 heavy (non-hydrogen) atoms. The van der Waals surface area contributed by atoms with E-state index < -0.39 is 7.14 Å². The van der Waals surface area contributed by atoms with Crippen LogP contribution in [0.15, 0.2) is 0 Å². The number of hydrogen-bond donors (Lipinski definition) is 0. The van der Waals surface area contributed by atoms with E-state index in [0.717, 1.165) is 18.5 Å². The Morgan fingerprint density at radius 3 is 1.85 bits per heavy atom. The summed E-state index contributed by atoms with van der Waals surface area (Å²) in [6.45, 7) is 6.36. The van der Waals surface area contributed by atoms with E-state index in [1.54, 1.807) is 0 Å². The predicted octanol–water partition coefficient (Wildman–Crippen LogP) is 4.36. The zero-order chi connectivity index (χ0) is 10.2. The first-order valence-corrected chi connectivity index (χ1v) is 8.02. The van der Waals surface area contributed by atoms with Crippen LogP contribution in [0, 0.1) is 0 Å². The quantitative estimate of drug-likeness (QED) is 0.424. The summed E-state index contributed by atoms with van der Waals surface area (Å²) in [5.41, 5.74) is 0. The van der Waals surface area contributed by atoms with E-state index in [2.05, 4.69) is 20.8 Å². The SMILES string of the molecule is CCCCCCCP(=O)(CC)CC. The van der Waals surface area contributed by atoms with Crippen molar-refractivity contribution in [3.05, 3.63) is 0 Å². The third-order valence-corrected chi connectivity index (χ3v) is 6.26. The van der Waals surface area contributed by atoms with Crippen LogP contribution in [0.5, 0.6) is 0 Å². The van der Waals surface area contributed by atoms with Crippen molar-refractivity contribution in [2.24, 2.45) is 0 Å². The molecule has 0 aliphatic rings. The lowest BCUT2D eigenvalue weighted by molar-refractivity contribution is 0.570. The highest BCUT2D eigenvalue weighted by molar-refractivity contribution is 7.63. The van der Waals surface area contributed by atoms with Crippen molar-refractivity contribution in [2.75, 3.05) is 18.5 Å². The van der Waals surface area contributed by atoms with Gasteiger partial charge in [0.2, 0.25) is 0 Å². The van der Waals surface area contributed by atoms with Crippen LogP contribution in [-0.4, -0.2) is 18.5 Å². The molecule has 0 spiro atoms. The third-order valence-electron chi connectivity index (χ3n) is 2.82. The molecule has 0 bridgehead atoms. The monoisotopic (exact) mass is 204 g/mol. The first-order valence-electron chi connectivity index (χ1n) is 5.75. The summed E-state index contributed by atoms with van der Waals surface area (Å²) in [5.74, 6) is 0. The minimum atomic E-state index is -1.73. The largest absolute Gasteiger partial charge is 0.324 e. The molecule has 1 nitrogen and oxygen atoms in total. The molecular weight excluding hydrogens is 179 g/mol. The predicted molar refractivity (Wildman–Crippen MR) is 62.3 cm³/mol. The molecule has 0 radical (unpaired) electrons. The fourth-order valence-corrected chi connectivity index (χ4v) is 3.42. The molecule has 2 heteroatoms. The Morgan fingerprint density at radius 2 is 1.38 bits per heavy atom. The molecule has 0 aromatic carbocycles. The van der Waals surface area contributed by atoms with Gasteiger partial charge < -0.3 is 4.57 Å². The molecule has 0 rings (SSSR count). The molecule has 0 heterocycles. The summed E-state index contributed by atoms with van der Waals surface area (Å²) < 4.78 is 12.0. The first-order chi connectivity index (χ1) is 6.18. The molecule has 0 saturated heterocycles. The van der Waals surface area contributed by atoms with Gasteiger partial charge in [0.15, 0.2) is 0 Å². The molecule has 0 saturated carbocycles. The van der Waals surface area contributed by atoms with Crippen molar-refractivity contribution in [1.29, 1.82) is 0 Å². The summed E-state index contributed by atoms with van der Waals surface area (Å²) in [6, 6.07) is 0. The third kappa shape index (κ3) is 6.32. The van der Waals surface area contributed by atoms with E-state index in [9.17, 15) is 4.57 Å². The van der Waals surface area contributed by atoms with E-state index >= 15 is 0 Å². The first kappa shape index (κ1) is 13.2. The molecule has 0 aliphatic carbocycles. The number of hydrogen-bond acceptors (Lipinski definition) is 1. The molecule has 0 N–H and O–H groups in total. The minimum Gasteiger partial charge on any atom is -0.324 e. The van der Waals surface area contributed by atoms with Crippen LogP contribution < -0.4 is 0 Å². The van der Waals surface area contributed by atoms with Crippen molar-refractivity contribution < 1.29 is 4.57 Å². The van der Waals surface area contributed by atoms with Crippen LogP contribution in [0.4, 0.5) is 0 Å². The maximum absolute atomic E-state index is 12.0. The Kier molecular flexibility index (Phi) is 7.75. The zero-order valence-corrected chi connectivity index (χ0v) is 10.4. The van der Waals surface area contributed by atoms with Crippen LogP contribution in [0.1, 0.15) is 52.9 Å². The standard InChI is InChI=1S/C11H25OP/c1-4-7-8-9-10-11-13(12,5-2)6-3/h4-11H2,1-3H3. The molecule has 0 atom stereocenters. The summed E-state index contributed by atoms with van der Waals surface area (Å²) in [6.07, 6.45) is 9.20. The fourth-order valence-electron chi connectivity index (χ4n) is 1.54. The summed E-state index contributed by atoms with van der Waals surface area (Å²) >= 11 is 0. The summed E-state index contributed by atoms with van der Waals surface area (Å²) in [7, 11) is -1.73. The Morgan fingerprint density at radius 1 is 0.846 bits per heavy atom. The van der Waals surface area contributed by atoms with Gasteiger partial charge in [-0.2, -0.15) is 0 Å². The van der Waals surface area contributed by atoms with Crippen LogP contribution >= 0.6 is 7.14 Å². The van der Waals surface area contributed by atoms with Crippen molar-refractivity contribution in [1.82, 2.24) is 0 Å². The van der Waals surface area contributed by atoms with Crippen molar-refractivity contribution in [3.8, 4) is 0 Å². The van der Waals surface area contributed by atoms with Crippen molar-refractivity contribution >= 4 is 7.14 Å². The van der Waals surface area contributed by atoms with Crippen LogP contribution in [0.3, 0.4) is 0 Å². The second-order valence-electron chi connectivity index (χ2n) is 3.83. The van der Waals surface area contributed by atoms with Crippen LogP contribution in [0.2, 0.25) is 0 Å². The van der Waals surface area contributed by atoms with E-state index in [4.69, 9.17) is 0 Å². The lowest BCUT2D eigenvalue weighted by atomic mass is 10.2. The van der Waals surface area contributed by atoms with Gasteiger partial charge in [0.1, 0.15) is 0 Å². The molecule has 80 valence electrons. The zero-order valence-electron chi connectivity index (χ0n) is 9.51. The van der Waals surface area contributed by atoms with Gasteiger partial charge in [0.25, 0.3) is 0 Å². The van der Waals surface area contributed by atoms with Gasteiger partial charge in [-0.3, -0.25) is 0 Å². The van der Waals surface area contributed by atoms with Gasteiger partial charge in [-0.05, 0) is 18.7 Å². The Labute approximate surface area is 83.7 Å².